The second-order valence-corrected chi connectivity index (χ2v) is 7.84. The lowest BCUT2D eigenvalue weighted by atomic mass is 10.0. The summed E-state index contributed by atoms with van der Waals surface area (Å²) >= 11 is 6.05. The number of halogens is 1. The predicted molar refractivity (Wildman–Crippen MR) is 131 cm³/mol. The highest BCUT2D eigenvalue weighted by molar-refractivity contribution is 6.34. The maximum atomic E-state index is 12.5. The lowest BCUT2D eigenvalue weighted by molar-refractivity contribution is -0.384. The van der Waals surface area contributed by atoms with Crippen LogP contribution in [0.2, 0.25) is 5.02 Å². The predicted octanol–water partition coefficient (Wildman–Crippen LogP) is 6.79. The Kier molecular flexibility index (Phi) is 7.84. The van der Waals surface area contributed by atoms with E-state index in [4.69, 9.17) is 11.6 Å². The van der Waals surface area contributed by atoms with Crippen LogP contribution in [-0.2, 0) is 0 Å². The van der Waals surface area contributed by atoms with Gasteiger partial charge in [-0.25, -0.2) is 0 Å². The number of nitrogens with zero attached hydrogens (tertiary/aromatic N) is 2. The normalized spacial score (nSPS) is 10.6. The van der Waals surface area contributed by atoms with Crippen molar-refractivity contribution >= 4 is 34.6 Å². The summed E-state index contributed by atoms with van der Waals surface area (Å²) in [5, 5.41) is 13.9. The molecular weight excluding hydrogens is 426 g/mol. The SMILES string of the molecule is CCCCN(CC)c1ccc(-c2ccc(NC(=O)c3cc([N+](=O)[O-])ccc3Cl)cc2)cc1. The molecule has 0 heterocycles. The highest BCUT2D eigenvalue weighted by atomic mass is 35.5. The van der Waals surface area contributed by atoms with E-state index in [0.29, 0.717) is 5.69 Å². The van der Waals surface area contributed by atoms with Gasteiger partial charge < -0.3 is 10.2 Å². The van der Waals surface area contributed by atoms with Crippen molar-refractivity contribution < 1.29 is 9.72 Å². The van der Waals surface area contributed by atoms with Crippen LogP contribution in [0.5, 0.6) is 0 Å². The summed E-state index contributed by atoms with van der Waals surface area (Å²) in [6, 6.07) is 19.7. The number of carbonyl (C=O) groups is 1. The van der Waals surface area contributed by atoms with Crippen LogP contribution in [0.4, 0.5) is 17.1 Å². The summed E-state index contributed by atoms with van der Waals surface area (Å²) in [5.74, 6) is -0.498. The molecule has 3 aromatic rings. The molecule has 0 saturated carbocycles. The van der Waals surface area contributed by atoms with Gasteiger partial charge in [0.15, 0.2) is 0 Å². The fraction of sp³-hybridized carbons (Fsp3) is 0.240. The zero-order valence-corrected chi connectivity index (χ0v) is 18.9. The summed E-state index contributed by atoms with van der Waals surface area (Å²) in [5.41, 5.74) is 3.77. The molecule has 166 valence electrons. The number of benzene rings is 3. The first-order valence-electron chi connectivity index (χ1n) is 10.6. The van der Waals surface area contributed by atoms with E-state index in [1.54, 1.807) is 12.1 Å². The zero-order valence-electron chi connectivity index (χ0n) is 18.2. The van der Waals surface area contributed by atoms with E-state index < -0.39 is 10.8 Å². The summed E-state index contributed by atoms with van der Waals surface area (Å²) in [6.07, 6.45) is 2.34. The highest BCUT2D eigenvalue weighted by Gasteiger charge is 2.16. The van der Waals surface area contributed by atoms with Crippen molar-refractivity contribution in [1.82, 2.24) is 0 Å². The molecule has 0 aliphatic rings. The Balaban J connectivity index is 1.71. The van der Waals surface area contributed by atoms with Gasteiger partial charge in [-0.15, -0.1) is 0 Å². The Labute approximate surface area is 193 Å². The molecule has 0 bridgehead atoms. The number of rotatable bonds is 9. The molecule has 3 rings (SSSR count). The minimum absolute atomic E-state index is 0.0593. The summed E-state index contributed by atoms with van der Waals surface area (Å²) in [6.45, 7) is 6.39. The molecule has 7 heteroatoms. The Morgan fingerprint density at radius 3 is 2.19 bits per heavy atom. The minimum Gasteiger partial charge on any atom is -0.372 e. The van der Waals surface area contributed by atoms with Gasteiger partial charge in [0.1, 0.15) is 0 Å². The first kappa shape index (κ1) is 23.3. The maximum Gasteiger partial charge on any atom is 0.270 e. The van der Waals surface area contributed by atoms with Crippen LogP contribution in [0.3, 0.4) is 0 Å². The standard InChI is InChI=1S/C25H26ClN3O3/c1-3-5-16-28(4-2)21-12-8-19(9-13-21)18-6-10-20(11-7-18)27-25(30)23-17-22(29(31)32)14-15-24(23)26/h6-15,17H,3-5,16H2,1-2H3,(H,27,30). The molecule has 0 atom stereocenters. The number of carbonyl (C=O) groups excluding carboxylic acids is 1. The van der Waals surface area contributed by atoms with Crippen molar-refractivity contribution in [3.8, 4) is 11.1 Å². The molecular formula is C25H26ClN3O3. The summed E-state index contributed by atoms with van der Waals surface area (Å²) in [4.78, 5) is 25.3. The Hall–Kier alpha value is -3.38. The van der Waals surface area contributed by atoms with E-state index >= 15 is 0 Å². The van der Waals surface area contributed by atoms with Crippen LogP contribution in [0.15, 0.2) is 66.7 Å². The van der Waals surface area contributed by atoms with Gasteiger partial charge in [-0.3, -0.25) is 14.9 Å². The van der Waals surface area contributed by atoms with Crippen molar-refractivity contribution in [2.45, 2.75) is 26.7 Å². The van der Waals surface area contributed by atoms with Crippen LogP contribution in [0.1, 0.15) is 37.0 Å². The van der Waals surface area contributed by atoms with Crippen LogP contribution in [0, 0.1) is 10.1 Å². The van der Waals surface area contributed by atoms with Gasteiger partial charge in [0.2, 0.25) is 0 Å². The second kappa shape index (κ2) is 10.8. The Morgan fingerprint density at radius 2 is 1.62 bits per heavy atom. The lowest BCUT2D eigenvalue weighted by Crippen LogP contribution is -2.23. The van der Waals surface area contributed by atoms with Crippen LogP contribution >= 0.6 is 11.6 Å². The van der Waals surface area contributed by atoms with E-state index in [9.17, 15) is 14.9 Å². The van der Waals surface area contributed by atoms with Gasteiger partial charge in [-0.1, -0.05) is 49.2 Å². The van der Waals surface area contributed by atoms with Crippen molar-refractivity contribution in [2.24, 2.45) is 0 Å². The average Bonchev–Trinajstić information content (AvgIpc) is 2.80. The Bertz CT molecular complexity index is 1080. The number of unbranched alkanes of at least 4 members (excludes halogenated alkanes) is 1. The second-order valence-electron chi connectivity index (χ2n) is 7.43. The number of hydrogen-bond donors (Lipinski definition) is 1. The Morgan fingerprint density at radius 1 is 1.00 bits per heavy atom. The lowest BCUT2D eigenvalue weighted by Gasteiger charge is -2.23. The molecule has 0 fully saturated rings. The third-order valence-corrected chi connectivity index (χ3v) is 5.61. The monoisotopic (exact) mass is 451 g/mol. The van der Waals surface area contributed by atoms with E-state index in [1.165, 1.54) is 36.7 Å². The molecule has 0 aliphatic heterocycles. The molecule has 0 radical (unpaired) electrons. The van der Waals surface area contributed by atoms with E-state index in [0.717, 1.165) is 24.2 Å². The zero-order chi connectivity index (χ0) is 23.1. The third-order valence-electron chi connectivity index (χ3n) is 5.28. The van der Waals surface area contributed by atoms with Gasteiger partial charge >= 0.3 is 0 Å². The van der Waals surface area contributed by atoms with E-state index in [1.807, 2.05) is 12.1 Å². The summed E-state index contributed by atoms with van der Waals surface area (Å²) in [7, 11) is 0. The fourth-order valence-electron chi connectivity index (χ4n) is 3.43. The van der Waals surface area contributed by atoms with E-state index in [2.05, 4.69) is 48.3 Å². The van der Waals surface area contributed by atoms with Crippen molar-refractivity contribution in [3.63, 3.8) is 0 Å². The van der Waals surface area contributed by atoms with Crippen LogP contribution in [-0.4, -0.2) is 23.9 Å². The fourth-order valence-corrected chi connectivity index (χ4v) is 3.63. The molecule has 6 nitrogen and oxygen atoms in total. The topological polar surface area (TPSA) is 75.5 Å². The molecule has 0 saturated heterocycles. The average molecular weight is 452 g/mol. The van der Waals surface area contributed by atoms with Gasteiger partial charge in [0, 0.05) is 36.6 Å². The largest absolute Gasteiger partial charge is 0.372 e. The number of anilines is 2. The van der Waals surface area contributed by atoms with Gasteiger partial charge in [0.05, 0.1) is 15.5 Å². The number of non-ortho nitro benzene ring substituents is 1. The quantitative estimate of drug-likeness (QED) is 0.287. The molecule has 0 aromatic heterocycles. The molecule has 0 unspecified atom stereocenters. The van der Waals surface area contributed by atoms with E-state index in [-0.39, 0.29) is 16.3 Å². The molecule has 1 N–H and O–H groups in total. The molecule has 3 aromatic carbocycles. The minimum atomic E-state index is -0.559. The van der Waals surface area contributed by atoms with Crippen molar-refractivity contribution in [3.05, 3.63) is 87.4 Å². The van der Waals surface area contributed by atoms with Crippen LogP contribution in [0.25, 0.3) is 11.1 Å². The number of nitrogens with one attached hydrogen (secondary N) is 1. The number of nitro groups is 1. The molecule has 32 heavy (non-hydrogen) atoms. The third kappa shape index (κ3) is 5.65. The number of amides is 1. The molecule has 1 amide bonds. The van der Waals surface area contributed by atoms with Crippen molar-refractivity contribution in [2.75, 3.05) is 23.3 Å². The smallest absolute Gasteiger partial charge is 0.270 e. The van der Waals surface area contributed by atoms with Gasteiger partial charge in [0.25, 0.3) is 11.6 Å². The first-order chi connectivity index (χ1) is 15.4. The molecule has 0 spiro atoms. The van der Waals surface area contributed by atoms with Gasteiger partial charge in [-0.2, -0.15) is 0 Å². The highest BCUT2D eigenvalue weighted by Crippen LogP contribution is 2.26. The van der Waals surface area contributed by atoms with Gasteiger partial charge in [-0.05, 0) is 54.8 Å². The first-order valence-corrected chi connectivity index (χ1v) is 11.0. The molecule has 0 aliphatic carbocycles. The van der Waals surface area contributed by atoms with Crippen molar-refractivity contribution in [1.29, 1.82) is 0 Å². The number of hydrogen-bond acceptors (Lipinski definition) is 4. The van der Waals surface area contributed by atoms with Crippen LogP contribution < -0.4 is 10.2 Å². The summed E-state index contributed by atoms with van der Waals surface area (Å²) < 4.78 is 0. The maximum absolute atomic E-state index is 12.5. The number of nitro benzene ring substituents is 1.